The van der Waals surface area contributed by atoms with Crippen molar-refractivity contribution in [3.63, 3.8) is 0 Å². The lowest BCUT2D eigenvalue weighted by Crippen LogP contribution is -2.12. The molecule has 0 saturated carbocycles. The molecular weight excluding hydrogens is 418 g/mol. The number of benzene rings is 2. The summed E-state index contributed by atoms with van der Waals surface area (Å²) in [5, 5.41) is 14.1. The quantitative estimate of drug-likeness (QED) is 0.407. The van der Waals surface area contributed by atoms with Gasteiger partial charge in [-0.2, -0.15) is 0 Å². The fourth-order valence-electron chi connectivity index (χ4n) is 2.52. The van der Waals surface area contributed by atoms with Crippen LogP contribution in [0, 0.1) is 10.1 Å². The van der Waals surface area contributed by atoms with Crippen LogP contribution in [0.15, 0.2) is 40.9 Å². The Hall–Kier alpha value is -2.32. The normalized spacial score (nSPS) is 10.8. The molecular formula is C18H16BrN3O3S. The Morgan fingerprint density at radius 2 is 2.12 bits per heavy atom. The van der Waals surface area contributed by atoms with Gasteiger partial charge in [0.1, 0.15) is 0 Å². The van der Waals surface area contributed by atoms with Crippen molar-refractivity contribution in [1.82, 2.24) is 4.98 Å². The highest BCUT2D eigenvalue weighted by Crippen LogP contribution is 2.29. The molecule has 0 atom stereocenters. The Balaban J connectivity index is 1.83. The lowest BCUT2D eigenvalue weighted by Gasteiger charge is -2.04. The van der Waals surface area contributed by atoms with E-state index < -0.39 is 10.8 Å². The fourth-order valence-corrected chi connectivity index (χ4v) is 3.88. The Morgan fingerprint density at radius 1 is 1.31 bits per heavy atom. The molecule has 134 valence electrons. The van der Waals surface area contributed by atoms with E-state index in [0.717, 1.165) is 29.5 Å². The second-order valence-corrected chi connectivity index (χ2v) is 7.69. The third-order valence-electron chi connectivity index (χ3n) is 3.90. The second kappa shape index (κ2) is 7.92. The van der Waals surface area contributed by atoms with E-state index in [4.69, 9.17) is 0 Å². The Bertz CT molecular complexity index is 987. The van der Waals surface area contributed by atoms with Crippen LogP contribution >= 0.6 is 27.3 Å². The van der Waals surface area contributed by atoms with Gasteiger partial charge in [-0.1, -0.05) is 30.7 Å². The van der Waals surface area contributed by atoms with E-state index in [0.29, 0.717) is 9.60 Å². The van der Waals surface area contributed by atoms with E-state index in [1.54, 1.807) is 0 Å². The van der Waals surface area contributed by atoms with Gasteiger partial charge < -0.3 is 0 Å². The monoisotopic (exact) mass is 433 g/mol. The molecule has 8 heteroatoms. The number of carbonyl (C=O) groups is 1. The Morgan fingerprint density at radius 3 is 2.85 bits per heavy atom. The van der Waals surface area contributed by atoms with E-state index in [-0.39, 0.29) is 11.3 Å². The predicted molar refractivity (Wildman–Crippen MR) is 107 cm³/mol. The molecule has 0 saturated heterocycles. The number of rotatable bonds is 6. The zero-order valence-electron chi connectivity index (χ0n) is 14.0. The van der Waals surface area contributed by atoms with E-state index in [1.165, 1.54) is 35.1 Å². The van der Waals surface area contributed by atoms with Crippen molar-refractivity contribution in [3.05, 3.63) is 62.1 Å². The molecule has 0 spiro atoms. The summed E-state index contributed by atoms with van der Waals surface area (Å²) in [6, 6.07) is 10.2. The van der Waals surface area contributed by atoms with Crippen LogP contribution in [0.4, 0.5) is 10.8 Å². The highest BCUT2D eigenvalue weighted by molar-refractivity contribution is 9.10. The topological polar surface area (TPSA) is 85.1 Å². The third-order valence-corrected chi connectivity index (χ3v) is 5.52. The molecule has 0 aliphatic heterocycles. The van der Waals surface area contributed by atoms with Crippen LogP contribution in [0.2, 0.25) is 0 Å². The number of nitro groups is 1. The van der Waals surface area contributed by atoms with Crippen LogP contribution in [-0.2, 0) is 6.42 Å². The van der Waals surface area contributed by atoms with Gasteiger partial charge in [0.15, 0.2) is 5.13 Å². The van der Waals surface area contributed by atoms with Crippen molar-refractivity contribution in [2.24, 2.45) is 0 Å². The fraction of sp³-hybridized carbons (Fsp3) is 0.222. The van der Waals surface area contributed by atoms with Crippen molar-refractivity contribution in [2.45, 2.75) is 26.2 Å². The van der Waals surface area contributed by atoms with Crippen LogP contribution < -0.4 is 5.32 Å². The Kier molecular flexibility index (Phi) is 5.63. The summed E-state index contributed by atoms with van der Waals surface area (Å²) in [5.74, 6) is -0.439. The molecule has 6 nitrogen and oxygen atoms in total. The van der Waals surface area contributed by atoms with Crippen LogP contribution in [-0.4, -0.2) is 15.8 Å². The molecule has 1 aromatic heterocycles. The number of halogens is 1. The summed E-state index contributed by atoms with van der Waals surface area (Å²) in [6.45, 7) is 2.16. The molecule has 26 heavy (non-hydrogen) atoms. The van der Waals surface area contributed by atoms with E-state index >= 15 is 0 Å². The molecule has 0 fully saturated rings. The first-order valence-corrected chi connectivity index (χ1v) is 9.73. The first-order chi connectivity index (χ1) is 12.5. The number of non-ortho nitro benzene ring substituents is 1. The summed E-state index contributed by atoms with van der Waals surface area (Å²) in [4.78, 5) is 27.3. The van der Waals surface area contributed by atoms with Crippen molar-refractivity contribution in [2.75, 3.05) is 5.32 Å². The van der Waals surface area contributed by atoms with Gasteiger partial charge in [-0.25, -0.2) is 4.98 Å². The van der Waals surface area contributed by atoms with Gasteiger partial charge in [0, 0.05) is 16.6 Å². The van der Waals surface area contributed by atoms with E-state index in [2.05, 4.69) is 45.3 Å². The number of nitrogens with one attached hydrogen (secondary N) is 1. The van der Waals surface area contributed by atoms with Crippen molar-refractivity contribution in [3.8, 4) is 0 Å². The predicted octanol–water partition coefficient (Wildman–Crippen LogP) is 5.56. The molecule has 1 heterocycles. The second-order valence-electron chi connectivity index (χ2n) is 5.80. The zero-order chi connectivity index (χ0) is 18.7. The van der Waals surface area contributed by atoms with E-state index in [9.17, 15) is 14.9 Å². The highest BCUT2D eigenvalue weighted by atomic mass is 79.9. The smallest absolute Gasteiger partial charge is 0.270 e. The van der Waals surface area contributed by atoms with Gasteiger partial charge in [-0.15, -0.1) is 0 Å². The molecule has 2 aromatic carbocycles. The summed E-state index contributed by atoms with van der Waals surface area (Å²) in [6.07, 6.45) is 3.29. The first kappa shape index (κ1) is 18.5. The molecule has 0 radical (unpaired) electrons. The zero-order valence-corrected chi connectivity index (χ0v) is 16.4. The number of carbonyl (C=O) groups excluding carboxylic acids is 1. The molecule has 3 aromatic rings. The number of hydrogen-bond acceptors (Lipinski definition) is 5. The third kappa shape index (κ3) is 4.08. The number of fused-ring (bicyclic) bond motifs is 1. The maximum Gasteiger partial charge on any atom is 0.270 e. The number of unbranched alkanes of at least 4 members (excludes halogenated alkanes) is 1. The van der Waals surface area contributed by atoms with E-state index in [1.807, 2.05) is 6.07 Å². The largest absolute Gasteiger partial charge is 0.298 e. The highest BCUT2D eigenvalue weighted by Gasteiger charge is 2.17. The van der Waals surface area contributed by atoms with Gasteiger partial charge in [-0.05, 0) is 52.5 Å². The average Bonchev–Trinajstić information content (AvgIpc) is 3.01. The van der Waals surface area contributed by atoms with Crippen molar-refractivity contribution < 1.29 is 9.72 Å². The molecule has 1 amide bonds. The van der Waals surface area contributed by atoms with Crippen molar-refractivity contribution in [1.29, 1.82) is 0 Å². The summed E-state index contributed by atoms with van der Waals surface area (Å²) < 4.78 is 1.50. The number of nitrogens with zero attached hydrogens (tertiary/aromatic N) is 2. The minimum Gasteiger partial charge on any atom is -0.298 e. The average molecular weight is 434 g/mol. The van der Waals surface area contributed by atoms with Gasteiger partial charge in [0.05, 0.1) is 20.7 Å². The van der Waals surface area contributed by atoms with Crippen LogP contribution in [0.5, 0.6) is 0 Å². The summed E-state index contributed by atoms with van der Waals surface area (Å²) in [7, 11) is 0. The van der Waals surface area contributed by atoms with Gasteiger partial charge in [0.25, 0.3) is 11.6 Å². The maximum atomic E-state index is 12.5. The maximum absolute atomic E-state index is 12.5. The summed E-state index contributed by atoms with van der Waals surface area (Å²) >= 11 is 4.65. The number of anilines is 1. The lowest BCUT2D eigenvalue weighted by molar-refractivity contribution is -0.384. The lowest BCUT2D eigenvalue weighted by atomic mass is 10.1. The first-order valence-electron chi connectivity index (χ1n) is 8.12. The van der Waals surface area contributed by atoms with Gasteiger partial charge in [-0.3, -0.25) is 20.2 Å². The van der Waals surface area contributed by atoms with Crippen LogP contribution in [0.3, 0.4) is 0 Å². The molecule has 0 bridgehead atoms. The Labute approximate surface area is 162 Å². The number of amides is 1. The number of nitro benzene ring substituents is 1. The number of aromatic nitrogens is 1. The van der Waals surface area contributed by atoms with Crippen LogP contribution in [0.25, 0.3) is 10.2 Å². The minimum absolute atomic E-state index is 0.136. The standard InChI is InChI=1S/C18H16BrN3O3S/c1-2-3-4-11-5-8-15-16(9-11)26-18(20-15)21-17(23)13-10-12(22(24)25)6-7-14(13)19/h5-10H,2-4H2,1H3,(H,20,21,23). The number of thiazole rings is 1. The number of hydrogen-bond donors (Lipinski definition) is 1. The van der Waals surface area contributed by atoms with Crippen LogP contribution in [0.1, 0.15) is 35.7 Å². The minimum atomic E-state index is -0.529. The molecule has 1 N–H and O–H groups in total. The molecule has 0 aliphatic rings. The molecule has 0 aliphatic carbocycles. The number of aryl methyl sites for hydroxylation is 1. The summed E-state index contributed by atoms with van der Waals surface area (Å²) in [5.41, 5.74) is 2.14. The molecule has 0 unspecified atom stereocenters. The SMILES string of the molecule is CCCCc1ccc2nc(NC(=O)c3cc([N+](=O)[O-])ccc3Br)sc2c1. The van der Waals surface area contributed by atoms with Gasteiger partial charge in [0.2, 0.25) is 0 Å². The van der Waals surface area contributed by atoms with Crippen molar-refractivity contribution >= 4 is 54.2 Å². The van der Waals surface area contributed by atoms with Gasteiger partial charge >= 0.3 is 0 Å². The molecule has 3 rings (SSSR count).